The second kappa shape index (κ2) is 4.97. The van der Waals surface area contributed by atoms with Crippen LogP contribution in [-0.4, -0.2) is 28.6 Å². The Hall–Kier alpha value is -1.35. The number of fused-ring (bicyclic) bond motifs is 1. The summed E-state index contributed by atoms with van der Waals surface area (Å²) in [4.78, 5) is 13.9. The lowest BCUT2D eigenvalue weighted by Crippen LogP contribution is -2.43. The van der Waals surface area contributed by atoms with Crippen molar-refractivity contribution in [2.24, 2.45) is 5.92 Å². The molecule has 0 radical (unpaired) electrons. The topological polar surface area (TPSA) is 40.5 Å². The molecule has 1 aliphatic carbocycles. The van der Waals surface area contributed by atoms with Crippen LogP contribution in [0.3, 0.4) is 0 Å². The first-order valence-electron chi connectivity index (χ1n) is 7.25. The normalized spacial score (nSPS) is 24.8. The molecule has 0 amide bonds. The zero-order valence-electron chi connectivity index (χ0n) is 11.4. The third kappa shape index (κ3) is 2.39. The van der Waals surface area contributed by atoms with Gasteiger partial charge in [-0.3, -0.25) is 9.69 Å². The summed E-state index contributed by atoms with van der Waals surface area (Å²) >= 11 is 0. The summed E-state index contributed by atoms with van der Waals surface area (Å²) in [6.07, 6.45) is 3.75. The quantitative estimate of drug-likeness (QED) is 0.904. The Morgan fingerprint density at radius 2 is 2.16 bits per heavy atom. The fourth-order valence-corrected chi connectivity index (χ4v) is 3.47. The molecule has 1 aromatic carbocycles. The highest BCUT2D eigenvalue weighted by Crippen LogP contribution is 2.40. The van der Waals surface area contributed by atoms with Gasteiger partial charge < -0.3 is 5.11 Å². The number of rotatable bonds is 4. The molecule has 0 bridgehead atoms. The molecule has 19 heavy (non-hydrogen) atoms. The summed E-state index contributed by atoms with van der Waals surface area (Å²) in [5, 5.41) is 9.48. The highest BCUT2D eigenvalue weighted by Gasteiger charge is 2.38. The minimum Gasteiger partial charge on any atom is -0.481 e. The van der Waals surface area contributed by atoms with E-state index in [1.54, 1.807) is 0 Å². The van der Waals surface area contributed by atoms with Gasteiger partial charge in [-0.1, -0.05) is 31.2 Å². The molecule has 2 unspecified atom stereocenters. The SMILES string of the molecule is CCC(C1CC1)N1Cc2ccccc2C(C(=O)O)C1. The lowest BCUT2D eigenvalue weighted by molar-refractivity contribution is -0.139. The number of carboxylic acid groups (broad SMARTS) is 1. The molecule has 2 aliphatic rings. The average Bonchev–Trinajstić information content (AvgIpc) is 3.23. The predicted octanol–water partition coefficient (Wildman–Crippen LogP) is 2.86. The van der Waals surface area contributed by atoms with Gasteiger partial charge in [0.15, 0.2) is 0 Å². The van der Waals surface area contributed by atoms with Crippen molar-refractivity contribution in [3.63, 3.8) is 0 Å². The number of carbonyl (C=O) groups is 1. The molecule has 3 heteroatoms. The molecule has 1 N–H and O–H groups in total. The molecule has 0 saturated heterocycles. The first kappa shape index (κ1) is 12.7. The minimum atomic E-state index is -0.692. The van der Waals surface area contributed by atoms with Crippen LogP contribution in [0.25, 0.3) is 0 Å². The summed E-state index contributed by atoms with van der Waals surface area (Å²) in [6, 6.07) is 8.58. The number of hydrogen-bond donors (Lipinski definition) is 1. The number of carboxylic acids is 1. The molecule has 1 aliphatic heterocycles. The maximum atomic E-state index is 11.5. The van der Waals surface area contributed by atoms with Crippen molar-refractivity contribution in [1.82, 2.24) is 4.90 Å². The van der Waals surface area contributed by atoms with E-state index in [9.17, 15) is 9.90 Å². The van der Waals surface area contributed by atoms with E-state index in [-0.39, 0.29) is 5.92 Å². The Bertz CT molecular complexity index is 481. The van der Waals surface area contributed by atoms with E-state index < -0.39 is 5.97 Å². The molecule has 0 aromatic heterocycles. The van der Waals surface area contributed by atoms with Crippen molar-refractivity contribution in [2.45, 2.75) is 44.7 Å². The Kier molecular flexibility index (Phi) is 3.31. The van der Waals surface area contributed by atoms with Gasteiger partial charge in [0.1, 0.15) is 0 Å². The van der Waals surface area contributed by atoms with Crippen molar-refractivity contribution < 1.29 is 9.90 Å². The van der Waals surface area contributed by atoms with Gasteiger partial charge in [0.25, 0.3) is 0 Å². The van der Waals surface area contributed by atoms with Crippen molar-refractivity contribution in [3.05, 3.63) is 35.4 Å². The third-order valence-electron chi connectivity index (χ3n) is 4.57. The number of nitrogens with zero attached hydrogens (tertiary/aromatic N) is 1. The average molecular weight is 259 g/mol. The molecule has 3 rings (SSSR count). The Morgan fingerprint density at radius 1 is 1.42 bits per heavy atom. The fraction of sp³-hybridized carbons (Fsp3) is 0.562. The molecule has 1 heterocycles. The summed E-state index contributed by atoms with van der Waals surface area (Å²) in [5.41, 5.74) is 2.21. The third-order valence-corrected chi connectivity index (χ3v) is 4.57. The van der Waals surface area contributed by atoms with Crippen LogP contribution in [-0.2, 0) is 11.3 Å². The lowest BCUT2D eigenvalue weighted by atomic mass is 9.88. The first-order valence-corrected chi connectivity index (χ1v) is 7.25. The van der Waals surface area contributed by atoms with Crippen LogP contribution in [0.1, 0.15) is 43.2 Å². The van der Waals surface area contributed by atoms with E-state index in [4.69, 9.17) is 0 Å². The molecule has 1 fully saturated rings. The van der Waals surface area contributed by atoms with Gasteiger partial charge in [-0.15, -0.1) is 0 Å². The van der Waals surface area contributed by atoms with Crippen molar-refractivity contribution in [1.29, 1.82) is 0 Å². The zero-order chi connectivity index (χ0) is 13.4. The number of aliphatic carboxylic acids is 1. The van der Waals surface area contributed by atoms with Crippen LogP contribution in [0.5, 0.6) is 0 Å². The number of hydrogen-bond acceptors (Lipinski definition) is 2. The Balaban J connectivity index is 1.89. The predicted molar refractivity (Wildman–Crippen MR) is 74.0 cm³/mol. The molecule has 1 saturated carbocycles. The van der Waals surface area contributed by atoms with E-state index >= 15 is 0 Å². The van der Waals surface area contributed by atoms with Gasteiger partial charge in [0, 0.05) is 19.1 Å². The van der Waals surface area contributed by atoms with Gasteiger partial charge >= 0.3 is 5.97 Å². The van der Waals surface area contributed by atoms with E-state index in [1.807, 2.05) is 18.2 Å². The summed E-state index contributed by atoms with van der Waals surface area (Å²) in [5.74, 6) is -0.259. The van der Waals surface area contributed by atoms with Gasteiger partial charge in [-0.05, 0) is 36.3 Å². The van der Waals surface area contributed by atoms with Crippen LogP contribution < -0.4 is 0 Å². The highest BCUT2D eigenvalue weighted by molar-refractivity contribution is 5.77. The van der Waals surface area contributed by atoms with Gasteiger partial charge in [-0.2, -0.15) is 0 Å². The highest BCUT2D eigenvalue weighted by atomic mass is 16.4. The maximum Gasteiger partial charge on any atom is 0.312 e. The molecule has 102 valence electrons. The summed E-state index contributed by atoms with van der Waals surface area (Å²) in [7, 11) is 0. The lowest BCUT2D eigenvalue weighted by Gasteiger charge is -2.38. The van der Waals surface area contributed by atoms with Crippen LogP contribution in [0.4, 0.5) is 0 Å². The van der Waals surface area contributed by atoms with Crippen LogP contribution in [0, 0.1) is 5.92 Å². The standard InChI is InChI=1S/C16H21NO2/c1-2-15(11-7-8-11)17-9-12-5-3-4-6-13(12)14(10-17)16(18)19/h3-6,11,14-15H,2,7-10H2,1H3,(H,18,19). The Labute approximate surface area is 114 Å². The molecule has 0 spiro atoms. The van der Waals surface area contributed by atoms with E-state index in [0.29, 0.717) is 12.6 Å². The van der Waals surface area contributed by atoms with Crippen LogP contribution in [0.2, 0.25) is 0 Å². The molecule has 3 nitrogen and oxygen atoms in total. The number of benzene rings is 1. The van der Waals surface area contributed by atoms with Gasteiger partial charge in [-0.25, -0.2) is 0 Å². The van der Waals surface area contributed by atoms with E-state index in [2.05, 4.69) is 17.9 Å². The molecule has 2 atom stereocenters. The summed E-state index contributed by atoms with van der Waals surface area (Å²) < 4.78 is 0. The largest absolute Gasteiger partial charge is 0.481 e. The smallest absolute Gasteiger partial charge is 0.312 e. The second-order valence-corrected chi connectivity index (χ2v) is 5.83. The zero-order valence-corrected chi connectivity index (χ0v) is 11.4. The van der Waals surface area contributed by atoms with Crippen molar-refractivity contribution >= 4 is 5.97 Å². The van der Waals surface area contributed by atoms with E-state index in [1.165, 1.54) is 18.4 Å². The van der Waals surface area contributed by atoms with Gasteiger partial charge in [0.2, 0.25) is 0 Å². The van der Waals surface area contributed by atoms with Crippen LogP contribution >= 0.6 is 0 Å². The van der Waals surface area contributed by atoms with Crippen molar-refractivity contribution in [3.8, 4) is 0 Å². The molecular weight excluding hydrogens is 238 g/mol. The minimum absolute atomic E-state index is 0.363. The second-order valence-electron chi connectivity index (χ2n) is 5.83. The fourth-order valence-electron chi connectivity index (χ4n) is 3.47. The molecular formula is C16H21NO2. The maximum absolute atomic E-state index is 11.5. The summed E-state index contributed by atoms with van der Waals surface area (Å²) in [6.45, 7) is 3.80. The Morgan fingerprint density at radius 3 is 2.79 bits per heavy atom. The first-order chi connectivity index (χ1) is 9.20. The molecule has 1 aromatic rings. The van der Waals surface area contributed by atoms with Gasteiger partial charge in [0.05, 0.1) is 5.92 Å². The monoisotopic (exact) mass is 259 g/mol. The van der Waals surface area contributed by atoms with Crippen molar-refractivity contribution in [2.75, 3.05) is 6.54 Å². The van der Waals surface area contributed by atoms with E-state index in [0.717, 1.165) is 24.4 Å². The van der Waals surface area contributed by atoms with Crippen LogP contribution in [0.15, 0.2) is 24.3 Å².